The molecule has 2 N–H and O–H groups in total. The molecule has 1 aliphatic rings. The molecular weight excluding hydrogens is 417 g/mol. The minimum atomic E-state index is -0.921. The molecule has 0 fully saturated rings. The Morgan fingerprint density at radius 3 is 2.69 bits per heavy atom. The van der Waals surface area contributed by atoms with Crippen molar-refractivity contribution in [3.8, 4) is 5.75 Å². The fraction of sp³-hybridized carbons (Fsp3) is 0.480. The summed E-state index contributed by atoms with van der Waals surface area (Å²) >= 11 is 0. The minimum Gasteiger partial charge on any atom is -1.00 e. The topological polar surface area (TPSA) is 71.0 Å². The van der Waals surface area contributed by atoms with Crippen molar-refractivity contribution in [3.05, 3.63) is 54.1 Å². The van der Waals surface area contributed by atoms with Gasteiger partial charge in [0.15, 0.2) is 6.10 Å². The number of nitrogens with one attached hydrogen (secondary N) is 1. The molecule has 0 bridgehead atoms. The normalized spacial score (nSPS) is 15.8. The van der Waals surface area contributed by atoms with Crippen molar-refractivity contribution >= 4 is 40.4 Å². The van der Waals surface area contributed by atoms with Crippen LogP contribution >= 0.6 is 0 Å². The number of benzene rings is 2. The third-order valence-electron chi connectivity index (χ3n) is 5.49. The summed E-state index contributed by atoms with van der Waals surface area (Å²) in [6.45, 7) is 7.17. The number of rotatable bonds is 12. The van der Waals surface area contributed by atoms with Crippen LogP contribution < -0.4 is 15.0 Å². The SMILES string of the molecule is CCCC1CN(CCCNc2ccc(CC(OCC)C(=O)O)cc2)c2ccccc2O1.[H-].[H-].[Mg+2]. The van der Waals surface area contributed by atoms with Gasteiger partial charge in [0.25, 0.3) is 0 Å². The van der Waals surface area contributed by atoms with Crippen LogP contribution in [0.1, 0.15) is 41.5 Å². The Morgan fingerprint density at radius 1 is 1.25 bits per heavy atom. The molecule has 2 aromatic carbocycles. The predicted octanol–water partition coefficient (Wildman–Crippen LogP) is 4.43. The van der Waals surface area contributed by atoms with Crippen molar-refractivity contribution in [2.75, 3.05) is 36.5 Å². The molecule has 2 unspecified atom stereocenters. The molecular formula is C25H36MgN2O4. The first-order valence-corrected chi connectivity index (χ1v) is 11.3. The third kappa shape index (κ3) is 7.57. The van der Waals surface area contributed by atoms with Crippen LogP contribution in [0.15, 0.2) is 48.5 Å². The first-order chi connectivity index (χ1) is 15.1. The minimum absolute atomic E-state index is 0. The average molecular weight is 453 g/mol. The quantitative estimate of drug-likeness (QED) is 0.366. The van der Waals surface area contributed by atoms with Crippen LogP contribution in [0.4, 0.5) is 11.4 Å². The first kappa shape index (κ1) is 26.3. The van der Waals surface area contributed by atoms with E-state index in [0.29, 0.717) is 13.0 Å². The summed E-state index contributed by atoms with van der Waals surface area (Å²) in [7, 11) is 0. The van der Waals surface area contributed by atoms with Crippen LogP contribution in [0.2, 0.25) is 0 Å². The molecule has 0 radical (unpaired) electrons. The Kier molecular flexibility index (Phi) is 11.1. The molecule has 0 aromatic heterocycles. The van der Waals surface area contributed by atoms with Crippen molar-refractivity contribution < 1.29 is 22.2 Å². The number of carboxylic acids is 1. The summed E-state index contributed by atoms with van der Waals surface area (Å²) in [6.07, 6.45) is 3.04. The van der Waals surface area contributed by atoms with Crippen molar-refractivity contribution in [3.63, 3.8) is 0 Å². The van der Waals surface area contributed by atoms with Gasteiger partial charge in [0.1, 0.15) is 11.9 Å². The zero-order valence-corrected chi connectivity index (χ0v) is 20.7. The zero-order valence-electron chi connectivity index (χ0n) is 21.3. The van der Waals surface area contributed by atoms with E-state index in [0.717, 1.165) is 55.9 Å². The predicted molar refractivity (Wildman–Crippen MR) is 132 cm³/mol. The molecule has 6 nitrogen and oxygen atoms in total. The van der Waals surface area contributed by atoms with Crippen molar-refractivity contribution in [1.82, 2.24) is 0 Å². The molecule has 2 atom stereocenters. The van der Waals surface area contributed by atoms with E-state index >= 15 is 0 Å². The average Bonchev–Trinajstić information content (AvgIpc) is 2.77. The van der Waals surface area contributed by atoms with Crippen LogP contribution in [0, 0.1) is 0 Å². The maximum atomic E-state index is 11.3. The van der Waals surface area contributed by atoms with E-state index in [2.05, 4.69) is 35.3 Å². The second kappa shape index (κ2) is 13.6. The Hall–Kier alpha value is -1.96. The number of nitrogens with zero attached hydrogens (tertiary/aromatic N) is 1. The maximum absolute atomic E-state index is 11.3. The van der Waals surface area contributed by atoms with Crippen LogP contribution in [0.25, 0.3) is 0 Å². The van der Waals surface area contributed by atoms with Crippen LogP contribution in [0.3, 0.4) is 0 Å². The Morgan fingerprint density at radius 2 is 2.00 bits per heavy atom. The Labute approximate surface area is 210 Å². The third-order valence-corrected chi connectivity index (χ3v) is 5.49. The zero-order chi connectivity index (χ0) is 22.1. The van der Waals surface area contributed by atoms with E-state index < -0.39 is 12.1 Å². The number of ether oxygens (including phenoxy) is 2. The van der Waals surface area contributed by atoms with Crippen LogP contribution in [-0.2, 0) is 16.0 Å². The largest absolute Gasteiger partial charge is 2.00 e. The molecule has 32 heavy (non-hydrogen) atoms. The molecule has 0 amide bonds. The monoisotopic (exact) mass is 452 g/mol. The van der Waals surface area contributed by atoms with Crippen LogP contribution in [0.5, 0.6) is 5.75 Å². The molecule has 1 aliphatic heterocycles. The summed E-state index contributed by atoms with van der Waals surface area (Å²) in [4.78, 5) is 13.7. The van der Waals surface area contributed by atoms with Gasteiger partial charge in [0, 0.05) is 31.8 Å². The smallest absolute Gasteiger partial charge is 1.00 e. The van der Waals surface area contributed by atoms with Gasteiger partial charge in [0.2, 0.25) is 0 Å². The second-order valence-corrected chi connectivity index (χ2v) is 7.91. The van der Waals surface area contributed by atoms with Crippen LogP contribution in [-0.4, -0.2) is 72.6 Å². The summed E-state index contributed by atoms with van der Waals surface area (Å²) in [5.74, 6) is 0.0670. The van der Waals surface area contributed by atoms with Gasteiger partial charge in [0.05, 0.1) is 12.2 Å². The van der Waals surface area contributed by atoms with Gasteiger partial charge in [-0.05, 0) is 49.6 Å². The maximum Gasteiger partial charge on any atom is 2.00 e. The summed E-state index contributed by atoms with van der Waals surface area (Å²) in [5, 5.41) is 12.7. The number of aliphatic carboxylic acids is 1. The van der Waals surface area contributed by atoms with Gasteiger partial charge >= 0.3 is 29.0 Å². The van der Waals surface area contributed by atoms with Gasteiger partial charge < -0.3 is 27.7 Å². The fourth-order valence-corrected chi connectivity index (χ4v) is 3.96. The summed E-state index contributed by atoms with van der Waals surface area (Å²) in [6, 6.07) is 16.2. The van der Waals surface area contributed by atoms with E-state index in [9.17, 15) is 9.90 Å². The summed E-state index contributed by atoms with van der Waals surface area (Å²) in [5.41, 5.74) is 3.18. The van der Waals surface area contributed by atoms with E-state index in [1.54, 1.807) is 0 Å². The number of carboxylic acid groups (broad SMARTS) is 1. The van der Waals surface area contributed by atoms with Gasteiger partial charge in [-0.25, -0.2) is 4.79 Å². The number of fused-ring (bicyclic) bond motifs is 1. The molecule has 0 saturated heterocycles. The number of carbonyl (C=O) groups is 1. The first-order valence-electron chi connectivity index (χ1n) is 11.3. The van der Waals surface area contributed by atoms with Crippen molar-refractivity contribution in [2.45, 2.75) is 51.7 Å². The Balaban J connectivity index is 0.00000363. The van der Waals surface area contributed by atoms with E-state index in [4.69, 9.17) is 9.47 Å². The van der Waals surface area contributed by atoms with Gasteiger partial charge in [-0.1, -0.05) is 37.6 Å². The van der Waals surface area contributed by atoms with Crippen molar-refractivity contribution in [1.29, 1.82) is 0 Å². The van der Waals surface area contributed by atoms with Gasteiger partial charge in [-0.2, -0.15) is 0 Å². The van der Waals surface area contributed by atoms with E-state index in [-0.39, 0.29) is 32.0 Å². The number of hydrogen-bond acceptors (Lipinski definition) is 5. The number of para-hydroxylation sites is 2. The second-order valence-electron chi connectivity index (χ2n) is 7.91. The molecule has 0 aliphatic carbocycles. The number of anilines is 2. The molecule has 3 rings (SSSR count). The molecule has 172 valence electrons. The van der Waals surface area contributed by atoms with Gasteiger partial charge in [-0.3, -0.25) is 0 Å². The molecule has 7 heteroatoms. The van der Waals surface area contributed by atoms with Gasteiger partial charge in [-0.15, -0.1) is 0 Å². The van der Waals surface area contributed by atoms with Crippen molar-refractivity contribution in [2.24, 2.45) is 0 Å². The molecule has 1 heterocycles. The number of hydrogen-bond donors (Lipinski definition) is 2. The standard InChI is InChI=1S/C25H34N2O4.Mg.2H/c1-3-8-21-18-27(22-9-5-6-10-23(22)31-21)16-7-15-26-20-13-11-19(12-14-20)17-24(25(28)29)30-4-2;;;/h5-6,9-14,21,24,26H,3-4,7-8,15-18H2,1-2H3,(H,28,29);;;/q;+2;2*-1. The fourth-order valence-electron chi connectivity index (χ4n) is 3.96. The summed E-state index contributed by atoms with van der Waals surface area (Å²) < 4.78 is 11.4. The Bertz CT molecular complexity index is 842. The van der Waals surface area contributed by atoms with E-state index in [1.165, 1.54) is 5.69 Å². The molecule has 0 spiro atoms. The molecule has 2 aromatic rings. The van der Waals surface area contributed by atoms with E-state index in [1.807, 2.05) is 37.3 Å². The molecule has 0 saturated carbocycles.